The van der Waals surface area contributed by atoms with Gasteiger partial charge in [0.1, 0.15) is 6.04 Å². The van der Waals surface area contributed by atoms with Crippen molar-refractivity contribution in [1.82, 2.24) is 10.2 Å². The Kier molecular flexibility index (Phi) is 5.98. The van der Waals surface area contributed by atoms with Gasteiger partial charge in [0, 0.05) is 25.4 Å². The molecule has 1 aliphatic rings. The summed E-state index contributed by atoms with van der Waals surface area (Å²) in [7, 11) is 0. The quantitative estimate of drug-likeness (QED) is 0.794. The van der Waals surface area contributed by atoms with Crippen LogP contribution < -0.4 is 5.32 Å². The van der Waals surface area contributed by atoms with Gasteiger partial charge in [0.15, 0.2) is 0 Å². The van der Waals surface area contributed by atoms with Gasteiger partial charge in [0.2, 0.25) is 11.8 Å². The lowest BCUT2D eigenvalue weighted by atomic mass is 10.1. The second-order valence-electron chi connectivity index (χ2n) is 5.32. The number of likely N-dealkylation sites (tertiary alicyclic amines) is 1. The summed E-state index contributed by atoms with van der Waals surface area (Å²) in [5, 5.41) is 2.10. The van der Waals surface area contributed by atoms with E-state index < -0.39 is 28.7 Å². The molecule has 2 rings (SSSR count). The molecular weight excluding hydrogens is 368 g/mol. The van der Waals surface area contributed by atoms with E-state index in [4.69, 9.17) is 23.2 Å². The molecule has 1 aromatic rings. The first-order chi connectivity index (χ1) is 11.3. The molecule has 0 spiro atoms. The lowest BCUT2D eigenvalue weighted by molar-refractivity contribution is -0.137. The van der Waals surface area contributed by atoms with Crippen LogP contribution in [-0.4, -0.2) is 35.2 Å². The van der Waals surface area contributed by atoms with Crippen molar-refractivity contribution in [3.63, 3.8) is 0 Å². The monoisotopic (exact) mass is 382 g/mol. The molecule has 1 atom stereocenters. The molecule has 1 heterocycles. The molecule has 1 aromatic carbocycles. The Morgan fingerprint density at radius 3 is 2.71 bits per heavy atom. The predicted molar refractivity (Wildman–Crippen MR) is 83.8 cm³/mol. The third kappa shape index (κ3) is 4.13. The summed E-state index contributed by atoms with van der Waals surface area (Å²) in [5.74, 6) is -0.387. The number of alkyl halides is 4. The van der Waals surface area contributed by atoms with Gasteiger partial charge in [0.25, 0.3) is 0 Å². The van der Waals surface area contributed by atoms with E-state index >= 15 is 0 Å². The molecule has 9 heteroatoms. The van der Waals surface area contributed by atoms with Crippen LogP contribution in [-0.2, 0) is 22.3 Å². The number of hydrogen-bond donors (Lipinski definition) is 1. The summed E-state index contributed by atoms with van der Waals surface area (Å²) in [5.41, 5.74) is -0.788. The van der Waals surface area contributed by atoms with Gasteiger partial charge >= 0.3 is 6.18 Å². The molecule has 0 aromatic heterocycles. The van der Waals surface area contributed by atoms with E-state index in [1.165, 1.54) is 17.0 Å². The van der Waals surface area contributed by atoms with Crippen molar-refractivity contribution in [1.29, 1.82) is 0 Å². The molecule has 0 aliphatic carbocycles. The number of rotatable bonds is 5. The van der Waals surface area contributed by atoms with Crippen molar-refractivity contribution in [2.75, 3.05) is 12.4 Å². The highest BCUT2D eigenvalue weighted by atomic mass is 35.5. The Bertz CT molecular complexity index is 638. The fourth-order valence-electron chi connectivity index (χ4n) is 2.61. The normalized spacial score (nSPS) is 18.1. The number of hydrogen-bond acceptors (Lipinski definition) is 2. The van der Waals surface area contributed by atoms with E-state index in [1.807, 2.05) is 0 Å². The maximum Gasteiger partial charge on any atom is 0.417 e. The van der Waals surface area contributed by atoms with Gasteiger partial charge in [-0.3, -0.25) is 9.59 Å². The van der Waals surface area contributed by atoms with Gasteiger partial charge in [-0.15, -0.1) is 11.6 Å². The third-order valence-electron chi connectivity index (χ3n) is 3.79. The van der Waals surface area contributed by atoms with Gasteiger partial charge < -0.3 is 10.2 Å². The number of halogens is 5. The second-order valence-corrected chi connectivity index (χ2v) is 6.08. The van der Waals surface area contributed by atoms with Gasteiger partial charge in [0.05, 0.1) is 10.6 Å². The fraction of sp³-hybridized carbons (Fsp3) is 0.467. The zero-order valence-corrected chi connectivity index (χ0v) is 14.0. The van der Waals surface area contributed by atoms with Crippen molar-refractivity contribution < 1.29 is 22.8 Å². The second kappa shape index (κ2) is 7.61. The number of carbonyl (C=O) groups excluding carboxylic acids is 2. The molecule has 0 radical (unpaired) electrons. The lowest BCUT2D eigenvalue weighted by Crippen LogP contribution is -2.45. The Morgan fingerprint density at radius 2 is 2.08 bits per heavy atom. The average Bonchev–Trinajstić information content (AvgIpc) is 2.86. The molecule has 1 fully saturated rings. The topological polar surface area (TPSA) is 49.4 Å². The Balaban J connectivity index is 2.06. The summed E-state index contributed by atoms with van der Waals surface area (Å²) in [6.45, 7) is 0.101. The van der Waals surface area contributed by atoms with Crippen LogP contribution in [0.15, 0.2) is 18.2 Å². The number of carbonyl (C=O) groups is 2. The van der Waals surface area contributed by atoms with Crippen LogP contribution in [0, 0.1) is 0 Å². The van der Waals surface area contributed by atoms with Crippen LogP contribution in [0.25, 0.3) is 0 Å². The maximum atomic E-state index is 12.8. The van der Waals surface area contributed by atoms with Crippen molar-refractivity contribution in [3.05, 3.63) is 34.3 Å². The summed E-state index contributed by atoms with van der Waals surface area (Å²) in [6, 6.07) is 2.87. The molecule has 1 saturated heterocycles. The van der Waals surface area contributed by atoms with Crippen LogP contribution in [0.1, 0.15) is 24.0 Å². The fourth-order valence-corrected chi connectivity index (χ4v) is 3.10. The molecule has 24 heavy (non-hydrogen) atoms. The van der Waals surface area contributed by atoms with E-state index in [9.17, 15) is 22.8 Å². The van der Waals surface area contributed by atoms with Gasteiger partial charge in [-0.2, -0.15) is 13.2 Å². The number of benzene rings is 1. The average molecular weight is 383 g/mol. The third-order valence-corrected chi connectivity index (χ3v) is 4.41. The van der Waals surface area contributed by atoms with Gasteiger partial charge in [-0.25, -0.2) is 0 Å². The van der Waals surface area contributed by atoms with Crippen LogP contribution in [0.5, 0.6) is 0 Å². The SMILES string of the molecule is O=C(NCc1cccc(C(F)(F)F)c1Cl)[C@@H]1CCC(=O)N1CCCl. The molecule has 1 aliphatic heterocycles. The number of nitrogens with one attached hydrogen (secondary N) is 1. The van der Waals surface area contributed by atoms with E-state index in [0.29, 0.717) is 6.42 Å². The van der Waals surface area contributed by atoms with Gasteiger partial charge in [-0.1, -0.05) is 23.7 Å². The van der Waals surface area contributed by atoms with Crippen LogP contribution in [0.2, 0.25) is 5.02 Å². The van der Waals surface area contributed by atoms with Crippen molar-refractivity contribution in [2.45, 2.75) is 31.6 Å². The largest absolute Gasteiger partial charge is 0.417 e. The van der Waals surface area contributed by atoms with Crippen LogP contribution in [0.4, 0.5) is 13.2 Å². The van der Waals surface area contributed by atoms with E-state index in [-0.39, 0.29) is 36.9 Å². The first-order valence-electron chi connectivity index (χ1n) is 7.23. The number of amides is 2. The molecule has 132 valence electrons. The zero-order valence-electron chi connectivity index (χ0n) is 12.5. The summed E-state index contributed by atoms with van der Waals surface area (Å²) >= 11 is 11.4. The summed E-state index contributed by atoms with van der Waals surface area (Å²) in [4.78, 5) is 25.3. The number of nitrogens with zero attached hydrogens (tertiary/aromatic N) is 1. The maximum absolute atomic E-state index is 12.8. The minimum atomic E-state index is -4.56. The Hall–Kier alpha value is -1.47. The highest BCUT2D eigenvalue weighted by molar-refractivity contribution is 6.32. The highest BCUT2D eigenvalue weighted by Crippen LogP contribution is 2.36. The molecule has 4 nitrogen and oxygen atoms in total. The molecule has 0 unspecified atom stereocenters. The van der Waals surface area contributed by atoms with Crippen molar-refractivity contribution in [2.24, 2.45) is 0 Å². The van der Waals surface area contributed by atoms with E-state index in [1.54, 1.807) is 0 Å². The van der Waals surface area contributed by atoms with Crippen LogP contribution >= 0.6 is 23.2 Å². The minimum absolute atomic E-state index is 0.152. The standard InChI is InChI=1S/C15H15Cl2F3N2O2/c16-6-7-22-11(4-5-12(22)23)14(24)21-8-9-2-1-3-10(13(9)17)15(18,19)20/h1-3,11H,4-8H2,(H,21,24)/t11-/m0/s1. The van der Waals surface area contributed by atoms with Gasteiger partial charge in [-0.05, 0) is 18.1 Å². The molecule has 0 saturated carbocycles. The van der Waals surface area contributed by atoms with Crippen molar-refractivity contribution in [3.8, 4) is 0 Å². The smallest absolute Gasteiger partial charge is 0.350 e. The predicted octanol–water partition coefficient (Wildman–Crippen LogP) is 3.20. The Labute approximate surface area is 146 Å². The zero-order chi connectivity index (χ0) is 17.9. The molecular formula is C15H15Cl2F3N2O2. The summed E-state index contributed by atoms with van der Waals surface area (Å²) < 4.78 is 38.5. The van der Waals surface area contributed by atoms with E-state index in [2.05, 4.69) is 5.32 Å². The highest BCUT2D eigenvalue weighted by Gasteiger charge is 2.36. The molecule has 2 amide bonds. The molecule has 0 bridgehead atoms. The van der Waals surface area contributed by atoms with E-state index in [0.717, 1.165) is 6.07 Å². The lowest BCUT2D eigenvalue weighted by Gasteiger charge is -2.23. The minimum Gasteiger partial charge on any atom is -0.350 e. The van der Waals surface area contributed by atoms with Crippen molar-refractivity contribution >= 4 is 35.0 Å². The molecule has 1 N–H and O–H groups in total. The van der Waals surface area contributed by atoms with Crippen LogP contribution in [0.3, 0.4) is 0 Å². The first kappa shape index (κ1) is 18.9. The summed E-state index contributed by atoms with van der Waals surface area (Å²) in [6.07, 6.45) is -3.96. The first-order valence-corrected chi connectivity index (χ1v) is 8.14. The Morgan fingerprint density at radius 1 is 1.38 bits per heavy atom.